The Hall–Kier alpha value is -3.10. The van der Waals surface area contributed by atoms with Gasteiger partial charge >= 0.3 is 5.97 Å². The molecule has 200 valence electrons. The Bertz CT molecular complexity index is 1390. The summed E-state index contributed by atoms with van der Waals surface area (Å²) in [4.78, 5) is 25.3. The Morgan fingerprint density at radius 1 is 1.13 bits per heavy atom. The molecule has 8 heteroatoms. The Morgan fingerprint density at radius 2 is 1.95 bits per heavy atom. The quantitative estimate of drug-likeness (QED) is 0.269. The SMILES string of the molecule is COC(=O)c1ccc2nc(CN3CCC(OC4=CCCC(CSc5ccc(C)cc5C)=N4)CC3)n(C)c2c1. The summed E-state index contributed by atoms with van der Waals surface area (Å²) in [5.41, 5.74) is 6.21. The van der Waals surface area contributed by atoms with Crippen molar-refractivity contribution >= 4 is 34.5 Å². The molecule has 1 fully saturated rings. The second-order valence-electron chi connectivity index (χ2n) is 10.2. The molecule has 2 aromatic carbocycles. The molecule has 0 spiro atoms. The third-order valence-electron chi connectivity index (χ3n) is 7.33. The fourth-order valence-corrected chi connectivity index (χ4v) is 6.08. The number of aromatic nitrogens is 2. The molecule has 0 radical (unpaired) electrons. The van der Waals surface area contributed by atoms with Gasteiger partial charge < -0.3 is 14.0 Å². The maximum atomic E-state index is 11.9. The van der Waals surface area contributed by atoms with Crippen LogP contribution in [-0.2, 0) is 23.1 Å². The van der Waals surface area contributed by atoms with Crippen LogP contribution in [0.25, 0.3) is 11.0 Å². The standard InChI is InChI=1S/C30H36N4O3S/c1-20-8-11-27(21(2)16-20)38-19-23-6-5-7-29(31-23)37-24-12-14-34(15-13-24)18-28-32-25-10-9-22(30(35)36-4)17-26(25)33(28)3/h7-11,16-17,24H,5-6,12-15,18-19H2,1-4H3. The van der Waals surface area contributed by atoms with E-state index in [2.05, 4.69) is 47.6 Å². The summed E-state index contributed by atoms with van der Waals surface area (Å²) in [6, 6.07) is 12.1. The molecule has 0 bridgehead atoms. The number of fused-ring (bicyclic) bond motifs is 1. The first kappa shape index (κ1) is 26.5. The Balaban J connectivity index is 1.13. The van der Waals surface area contributed by atoms with Crippen LogP contribution >= 0.6 is 11.8 Å². The van der Waals surface area contributed by atoms with Gasteiger partial charge in [-0.1, -0.05) is 17.7 Å². The lowest BCUT2D eigenvalue weighted by molar-refractivity contribution is 0.0452. The van der Waals surface area contributed by atoms with Crippen molar-refractivity contribution in [2.24, 2.45) is 12.0 Å². The number of imidazole rings is 1. The van der Waals surface area contributed by atoms with Gasteiger partial charge in [0.05, 0.1) is 30.3 Å². The number of allylic oxidation sites excluding steroid dienone is 1. The number of carbonyl (C=O) groups is 1. The van der Waals surface area contributed by atoms with Crippen molar-refractivity contribution in [3.05, 3.63) is 70.9 Å². The predicted octanol–water partition coefficient (Wildman–Crippen LogP) is 5.83. The number of methoxy groups -OCH3 is 1. The summed E-state index contributed by atoms with van der Waals surface area (Å²) in [6.45, 7) is 6.98. The predicted molar refractivity (Wildman–Crippen MR) is 153 cm³/mol. The van der Waals surface area contributed by atoms with Crippen LogP contribution in [0.1, 0.15) is 53.0 Å². The van der Waals surface area contributed by atoms with E-state index in [1.807, 2.05) is 30.9 Å². The zero-order valence-electron chi connectivity index (χ0n) is 22.7. The van der Waals surface area contributed by atoms with E-state index in [-0.39, 0.29) is 12.1 Å². The zero-order valence-corrected chi connectivity index (χ0v) is 23.5. The van der Waals surface area contributed by atoms with Gasteiger partial charge in [-0.25, -0.2) is 14.8 Å². The minimum Gasteiger partial charge on any atom is -0.474 e. The number of likely N-dealkylation sites (tertiary alicyclic amines) is 1. The molecule has 38 heavy (non-hydrogen) atoms. The Kier molecular flexibility index (Phi) is 8.19. The number of thioether (sulfide) groups is 1. The van der Waals surface area contributed by atoms with E-state index in [9.17, 15) is 4.79 Å². The molecule has 0 aliphatic carbocycles. The van der Waals surface area contributed by atoms with Gasteiger partial charge in [-0.3, -0.25) is 4.90 Å². The highest BCUT2D eigenvalue weighted by Crippen LogP contribution is 2.27. The monoisotopic (exact) mass is 532 g/mol. The van der Waals surface area contributed by atoms with Gasteiger partial charge in [0.15, 0.2) is 0 Å². The van der Waals surface area contributed by atoms with Crippen LogP contribution in [0, 0.1) is 13.8 Å². The number of aliphatic imine (C=N–C) groups is 1. The molecule has 2 aliphatic heterocycles. The third-order valence-corrected chi connectivity index (χ3v) is 8.57. The molecule has 7 nitrogen and oxygen atoms in total. The second-order valence-corrected chi connectivity index (χ2v) is 11.2. The van der Waals surface area contributed by atoms with Gasteiger partial charge in [0.1, 0.15) is 11.9 Å². The number of hydrogen-bond donors (Lipinski definition) is 0. The molecule has 2 aliphatic rings. The average molecular weight is 533 g/mol. The first-order valence-electron chi connectivity index (χ1n) is 13.3. The highest BCUT2D eigenvalue weighted by Gasteiger charge is 2.23. The topological polar surface area (TPSA) is 68.9 Å². The minimum absolute atomic E-state index is 0.190. The van der Waals surface area contributed by atoms with Crippen molar-refractivity contribution in [3.8, 4) is 0 Å². The van der Waals surface area contributed by atoms with Gasteiger partial charge in [-0.15, -0.1) is 11.8 Å². The van der Waals surface area contributed by atoms with Gasteiger partial charge in [0.2, 0.25) is 5.88 Å². The molecule has 0 amide bonds. The number of esters is 1. The van der Waals surface area contributed by atoms with Crippen molar-refractivity contribution in [2.45, 2.75) is 57.1 Å². The molecule has 0 saturated carbocycles. The number of carbonyl (C=O) groups excluding carboxylic acids is 1. The lowest BCUT2D eigenvalue weighted by Crippen LogP contribution is -2.37. The van der Waals surface area contributed by atoms with Crippen molar-refractivity contribution in [1.29, 1.82) is 0 Å². The third kappa shape index (κ3) is 6.13. The molecule has 1 aromatic heterocycles. The van der Waals surface area contributed by atoms with Crippen LogP contribution in [0.5, 0.6) is 0 Å². The van der Waals surface area contributed by atoms with Gasteiger partial charge in [-0.05, 0) is 75.4 Å². The molecule has 0 unspecified atom stereocenters. The summed E-state index contributed by atoms with van der Waals surface area (Å²) in [5, 5.41) is 0. The van der Waals surface area contributed by atoms with Crippen molar-refractivity contribution in [3.63, 3.8) is 0 Å². The van der Waals surface area contributed by atoms with E-state index < -0.39 is 0 Å². The lowest BCUT2D eigenvalue weighted by atomic mass is 10.1. The fourth-order valence-electron chi connectivity index (χ4n) is 5.10. The zero-order chi connectivity index (χ0) is 26.6. The summed E-state index contributed by atoms with van der Waals surface area (Å²) in [7, 11) is 3.41. The molecular formula is C30H36N4O3S. The van der Waals surface area contributed by atoms with E-state index in [0.717, 1.165) is 73.8 Å². The summed E-state index contributed by atoms with van der Waals surface area (Å²) < 4.78 is 13.3. The smallest absolute Gasteiger partial charge is 0.337 e. The van der Waals surface area contributed by atoms with E-state index >= 15 is 0 Å². The number of aryl methyl sites for hydroxylation is 3. The van der Waals surface area contributed by atoms with Crippen LogP contribution in [0.4, 0.5) is 0 Å². The highest BCUT2D eigenvalue weighted by atomic mass is 32.2. The number of benzene rings is 2. The van der Waals surface area contributed by atoms with Crippen LogP contribution in [0.15, 0.2) is 58.2 Å². The van der Waals surface area contributed by atoms with E-state index in [1.54, 1.807) is 6.07 Å². The Morgan fingerprint density at radius 3 is 2.71 bits per heavy atom. The van der Waals surface area contributed by atoms with E-state index in [1.165, 1.54) is 28.8 Å². The number of hydrogen-bond acceptors (Lipinski definition) is 7. The molecule has 1 saturated heterocycles. The van der Waals surface area contributed by atoms with Crippen molar-refractivity contribution in [2.75, 3.05) is 26.0 Å². The van der Waals surface area contributed by atoms with E-state index in [4.69, 9.17) is 19.5 Å². The van der Waals surface area contributed by atoms with Crippen LogP contribution in [-0.4, -0.2) is 58.2 Å². The average Bonchev–Trinajstić information content (AvgIpc) is 3.23. The maximum absolute atomic E-state index is 11.9. The first-order chi connectivity index (χ1) is 18.4. The van der Waals surface area contributed by atoms with Crippen LogP contribution in [0.2, 0.25) is 0 Å². The van der Waals surface area contributed by atoms with Crippen molar-refractivity contribution in [1.82, 2.24) is 14.5 Å². The maximum Gasteiger partial charge on any atom is 0.337 e. The van der Waals surface area contributed by atoms with Gasteiger partial charge in [0.25, 0.3) is 0 Å². The van der Waals surface area contributed by atoms with Gasteiger partial charge in [-0.2, -0.15) is 0 Å². The second kappa shape index (κ2) is 11.7. The number of ether oxygens (including phenoxy) is 2. The number of nitrogens with zero attached hydrogens (tertiary/aromatic N) is 4. The van der Waals surface area contributed by atoms with Gasteiger partial charge in [0, 0.05) is 36.5 Å². The molecule has 5 rings (SSSR count). The summed E-state index contributed by atoms with van der Waals surface area (Å²) in [6.07, 6.45) is 6.26. The van der Waals surface area contributed by atoms with Crippen molar-refractivity contribution < 1.29 is 14.3 Å². The minimum atomic E-state index is -0.332. The molecule has 3 heterocycles. The summed E-state index contributed by atoms with van der Waals surface area (Å²) >= 11 is 1.87. The summed E-state index contributed by atoms with van der Waals surface area (Å²) in [5.74, 6) is 2.36. The van der Waals surface area contributed by atoms with E-state index in [0.29, 0.717) is 5.56 Å². The molecule has 0 N–H and O–H groups in total. The number of rotatable bonds is 8. The highest BCUT2D eigenvalue weighted by molar-refractivity contribution is 8.00. The lowest BCUT2D eigenvalue weighted by Gasteiger charge is -2.32. The molecule has 3 aromatic rings. The first-order valence-corrected chi connectivity index (χ1v) is 14.3. The van der Waals surface area contributed by atoms with Crippen LogP contribution < -0.4 is 0 Å². The number of piperidine rings is 1. The van der Waals surface area contributed by atoms with Crippen LogP contribution in [0.3, 0.4) is 0 Å². The Labute approximate surface area is 228 Å². The largest absolute Gasteiger partial charge is 0.474 e. The normalized spacial score (nSPS) is 16.8. The fraction of sp³-hybridized carbons (Fsp3) is 0.433. The molecule has 0 atom stereocenters. The molecular weight excluding hydrogens is 496 g/mol.